The molecule has 0 N–H and O–H groups in total. The zero-order chi connectivity index (χ0) is 13.1. The van der Waals surface area contributed by atoms with Gasteiger partial charge in [-0.25, -0.2) is 0 Å². The third kappa shape index (κ3) is 2.51. The molecule has 1 aliphatic carbocycles. The molecular weight excluding hydrogens is 226 g/mol. The van der Waals surface area contributed by atoms with E-state index in [1.807, 2.05) is 7.05 Å². The second-order valence-corrected chi connectivity index (χ2v) is 5.66. The SMILES string of the molecule is CC1CCN(C)C(=O)C(CC#N)N1C1CCCC1. The van der Waals surface area contributed by atoms with Crippen LogP contribution in [0.5, 0.6) is 0 Å². The Morgan fingerprint density at radius 3 is 2.61 bits per heavy atom. The number of nitriles is 1. The molecule has 2 aliphatic rings. The molecule has 1 heterocycles. The fourth-order valence-corrected chi connectivity index (χ4v) is 3.42. The van der Waals surface area contributed by atoms with Gasteiger partial charge in [0.25, 0.3) is 0 Å². The Morgan fingerprint density at radius 2 is 2.00 bits per heavy atom. The van der Waals surface area contributed by atoms with Crippen molar-refractivity contribution in [1.29, 1.82) is 5.26 Å². The molecule has 18 heavy (non-hydrogen) atoms. The van der Waals surface area contributed by atoms with Gasteiger partial charge in [-0.2, -0.15) is 5.26 Å². The van der Waals surface area contributed by atoms with E-state index < -0.39 is 0 Å². The lowest BCUT2D eigenvalue weighted by molar-refractivity contribution is -0.135. The zero-order valence-corrected chi connectivity index (χ0v) is 11.4. The van der Waals surface area contributed by atoms with E-state index in [0.717, 1.165) is 13.0 Å². The minimum absolute atomic E-state index is 0.132. The van der Waals surface area contributed by atoms with E-state index in [0.29, 0.717) is 18.5 Å². The summed E-state index contributed by atoms with van der Waals surface area (Å²) >= 11 is 0. The van der Waals surface area contributed by atoms with Gasteiger partial charge < -0.3 is 4.90 Å². The monoisotopic (exact) mass is 249 g/mol. The van der Waals surface area contributed by atoms with Crippen LogP contribution in [0.15, 0.2) is 0 Å². The molecule has 0 radical (unpaired) electrons. The van der Waals surface area contributed by atoms with E-state index in [1.165, 1.54) is 25.7 Å². The Hall–Kier alpha value is -1.08. The molecule has 0 bridgehead atoms. The molecule has 0 aromatic carbocycles. The largest absolute Gasteiger partial charge is 0.344 e. The van der Waals surface area contributed by atoms with Crippen molar-refractivity contribution >= 4 is 5.91 Å². The lowest BCUT2D eigenvalue weighted by atomic mass is 10.0. The van der Waals surface area contributed by atoms with Crippen LogP contribution >= 0.6 is 0 Å². The van der Waals surface area contributed by atoms with Crippen LogP contribution in [0.3, 0.4) is 0 Å². The number of hydrogen-bond donors (Lipinski definition) is 0. The van der Waals surface area contributed by atoms with Crippen LogP contribution in [0, 0.1) is 11.3 Å². The lowest BCUT2D eigenvalue weighted by Crippen LogP contribution is -2.51. The smallest absolute Gasteiger partial charge is 0.240 e. The first-order valence-corrected chi connectivity index (χ1v) is 7.04. The van der Waals surface area contributed by atoms with Gasteiger partial charge in [0.1, 0.15) is 6.04 Å². The van der Waals surface area contributed by atoms with Crippen LogP contribution in [-0.4, -0.2) is 47.4 Å². The molecular formula is C14H23N3O. The molecule has 1 aliphatic heterocycles. The van der Waals surface area contributed by atoms with E-state index >= 15 is 0 Å². The molecule has 2 atom stereocenters. The quantitative estimate of drug-likeness (QED) is 0.749. The predicted molar refractivity (Wildman–Crippen MR) is 69.8 cm³/mol. The highest BCUT2D eigenvalue weighted by atomic mass is 16.2. The minimum atomic E-state index is -0.222. The standard InChI is InChI=1S/C14H23N3O/c1-11-8-10-16(2)14(18)13(7-9-15)17(11)12-5-3-4-6-12/h11-13H,3-8,10H2,1-2H3. The van der Waals surface area contributed by atoms with E-state index in [2.05, 4.69) is 17.9 Å². The number of carbonyl (C=O) groups excluding carboxylic acids is 1. The highest BCUT2D eigenvalue weighted by molar-refractivity contribution is 5.82. The van der Waals surface area contributed by atoms with E-state index in [1.54, 1.807) is 4.90 Å². The Bertz CT molecular complexity index is 343. The van der Waals surface area contributed by atoms with Crippen molar-refractivity contribution in [3.8, 4) is 6.07 Å². The average molecular weight is 249 g/mol. The molecule has 2 fully saturated rings. The van der Waals surface area contributed by atoms with Gasteiger partial charge in [-0.3, -0.25) is 9.69 Å². The van der Waals surface area contributed by atoms with Gasteiger partial charge in [-0.05, 0) is 26.2 Å². The predicted octanol–water partition coefficient (Wildman–Crippen LogP) is 1.76. The van der Waals surface area contributed by atoms with Gasteiger partial charge >= 0.3 is 0 Å². The summed E-state index contributed by atoms with van der Waals surface area (Å²) in [4.78, 5) is 16.5. The molecule has 100 valence electrons. The number of rotatable bonds is 2. The maximum absolute atomic E-state index is 12.4. The first-order chi connectivity index (χ1) is 8.65. The van der Waals surface area contributed by atoms with Crippen molar-refractivity contribution in [3.63, 3.8) is 0 Å². The Labute approximate surface area is 110 Å². The van der Waals surface area contributed by atoms with Gasteiger partial charge in [0.15, 0.2) is 0 Å². The summed E-state index contributed by atoms with van der Waals surface area (Å²) in [7, 11) is 1.86. The van der Waals surface area contributed by atoms with Gasteiger partial charge in [0.2, 0.25) is 5.91 Å². The number of amides is 1. The Kier molecular flexibility index (Phi) is 4.23. The maximum Gasteiger partial charge on any atom is 0.240 e. The van der Waals surface area contributed by atoms with Crippen LogP contribution in [0.2, 0.25) is 0 Å². The number of nitrogens with zero attached hydrogens (tertiary/aromatic N) is 3. The summed E-state index contributed by atoms with van der Waals surface area (Å²) in [5.41, 5.74) is 0. The molecule has 2 rings (SSSR count). The molecule has 4 nitrogen and oxygen atoms in total. The first kappa shape index (κ1) is 13.4. The molecule has 1 saturated heterocycles. The lowest BCUT2D eigenvalue weighted by Gasteiger charge is -2.37. The van der Waals surface area contributed by atoms with Crippen molar-refractivity contribution in [2.45, 2.75) is 63.6 Å². The maximum atomic E-state index is 12.4. The van der Waals surface area contributed by atoms with Crippen LogP contribution < -0.4 is 0 Å². The van der Waals surface area contributed by atoms with E-state index in [4.69, 9.17) is 5.26 Å². The van der Waals surface area contributed by atoms with E-state index in [-0.39, 0.29) is 11.9 Å². The third-order valence-corrected chi connectivity index (χ3v) is 4.44. The fourth-order valence-electron chi connectivity index (χ4n) is 3.42. The van der Waals surface area contributed by atoms with Crippen LogP contribution in [0.25, 0.3) is 0 Å². The number of likely N-dealkylation sites (N-methyl/N-ethyl adjacent to an activating group) is 1. The fraction of sp³-hybridized carbons (Fsp3) is 0.857. The van der Waals surface area contributed by atoms with Crippen molar-refractivity contribution in [2.24, 2.45) is 0 Å². The summed E-state index contributed by atoms with van der Waals surface area (Å²) in [6.07, 6.45) is 6.23. The number of carbonyl (C=O) groups is 1. The summed E-state index contributed by atoms with van der Waals surface area (Å²) in [6.45, 7) is 3.01. The van der Waals surface area contributed by atoms with Crippen molar-refractivity contribution in [3.05, 3.63) is 0 Å². The van der Waals surface area contributed by atoms with Crippen molar-refractivity contribution in [1.82, 2.24) is 9.80 Å². The van der Waals surface area contributed by atoms with Crippen molar-refractivity contribution < 1.29 is 4.79 Å². The highest BCUT2D eigenvalue weighted by Gasteiger charge is 2.39. The van der Waals surface area contributed by atoms with Crippen LogP contribution in [-0.2, 0) is 4.79 Å². The molecule has 2 unspecified atom stereocenters. The summed E-state index contributed by atoms with van der Waals surface area (Å²) in [5.74, 6) is 0.132. The molecule has 1 amide bonds. The van der Waals surface area contributed by atoms with Crippen LogP contribution in [0.1, 0.15) is 45.4 Å². The molecule has 4 heteroatoms. The Balaban J connectivity index is 2.24. The van der Waals surface area contributed by atoms with Gasteiger partial charge in [-0.15, -0.1) is 0 Å². The molecule has 0 spiro atoms. The van der Waals surface area contributed by atoms with Gasteiger partial charge in [-0.1, -0.05) is 12.8 Å². The van der Waals surface area contributed by atoms with Crippen molar-refractivity contribution in [2.75, 3.05) is 13.6 Å². The topological polar surface area (TPSA) is 47.3 Å². The summed E-state index contributed by atoms with van der Waals surface area (Å²) in [5, 5.41) is 9.01. The molecule has 1 saturated carbocycles. The normalized spacial score (nSPS) is 31.4. The molecule has 0 aromatic heterocycles. The first-order valence-electron chi connectivity index (χ1n) is 7.04. The van der Waals surface area contributed by atoms with Gasteiger partial charge in [0, 0.05) is 25.7 Å². The third-order valence-electron chi connectivity index (χ3n) is 4.44. The highest BCUT2D eigenvalue weighted by Crippen LogP contribution is 2.30. The van der Waals surface area contributed by atoms with E-state index in [9.17, 15) is 4.79 Å². The summed E-state index contributed by atoms with van der Waals surface area (Å²) < 4.78 is 0. The van der Waals surface area contributed by atoms with Crippen LogP contribution in [0.4, 0.5) is 0 Å². The second kappa shape index (κ2) is 5.71. The minimum Gasteiger partial charge on any atom is -0.344 e. The zero-order valence-electron chi connectivity index (χ0n) is 11.4. The number of hydrogen-bond acceptors (Lipinski definition) is 3. The Morgan fingerprint density at radius 1 is 1.33 bits per heavy atom. The van der Waals surface area contributed by atoms with Gasteiger partial charge in [0.05, 0.1) is 12.5 Å². The summed E-state index contributed by atoms with van der Waals surface area (Å²) in [6, 6.07) is 2.89. The second-order valence-electron chi connectivity index (χ2n) is 5.66. The molecule has 0 aromatic rings. The average Bonchev–Trinajstić information content (AvgIpc) is 2.85.